The third kappa shape index (κ3) is 5.63. The quantitative estimate of drug-likeness (QED) is 0.834. The third-order valence-corrected chi connectivity index (χ3v) is 3.66. The van der Waals surface area contributed by atoms with Gasteiger partial charge in [-0.1, -0.05) is 28.1 Å². The Labute approximate surface area is 106 Å². The van der Waals surface area contributed by atoms with Crippen LogP contribution in [0.1, 0.15) is 5.56 Å². The molecule has 1 aromatic carbocycles. The number of hydrogen-bond donors (Lipinski definition) is 0. The maximum atomic E-state index is 11.0. The van der Waals surface area contributed by atoms with Crippen molar-refractivity contribution >= 4 is 25.8 Å². The van der Waals surface area contributed by atoms with Crippen molar-refractivity contribution in [3.63, 3.8) is 0 Å². The lowest BCUT2D eigenvalue weighted by Gasteiger charge is -2.15. The smallest absolute Gasteiger partial charge is 0.148 e. The van der Waals surface area contributed by atoms with Gasteiger partial charge in [-0.2, -0.15) is 0 Å². The lowest BCUT2D eigenvalue weighted by Crippen LogP contribution is -2.24. The standard InChI is InChI=1S/C11H16BrNO2S/c1-13(7-8-16(2,14)15)9-10-3-5-11(12)6-4-10/h3-6H,7-9H2,1-2H3. The summed E-state index contributed by atoms with van der Waals surface area (Å²) in [6.07, 6.45) is 1.26. The number of rotatable bonds is 5. The van der Waals surface area contributed by atoms with Crippen molar-refractivity contribution in [2.45, 2.75) is 6.54 Å². The van der Waals surface area contributed by atoms with Crippen LogP contribution in [0.3, 0.4) is 0 Å². The Hall–Kier alpha value is -0.390. The molecule has 0 saturated carbocycles. The van der Waals surface area contributed by atoms with Crippen molar-refractivity contribution in [2.24, 2.45) is 0 Å². The lowest BCUT2D eigenvalue weighted by atomic mass is 10.2. The van der Waals surface area contributed by atoms with E-state index in [1.165, 1.54) is 11.8 Å². The molecule has 0 fully saturated rings. The van der Waals surface area contributed by atoms with E-state index in [9.17, 15) is 8.42 Å². The molecule has 5 heteroatoms. The van der Waals surface area contributed by atoms with E-state index in [1.54, 1.807) is 0 Å². The molecule has 0 saturated heterocycles. The molecule has 1 aromatic rings. The van der Waals surface area contributed by atoms with Crippen molar-refractivity contribution in [3.8, 4) is 0 Å². The Balaban J connectivity index is 2.45. The Morgan fingerprint density at radius 1 is 1.25 bits per heavy atom. The zero-order valence-corrected chi connectivity index (χ0v) is 11.9. The minimum Gasteiger partial charge on any atom is -0.301 e. The van der Waals surface area contributed by atoms with Crippen molar-refractivity contribution < 1.29 is 8.42 Å². The van der Waals surface area contributed by atoms with Crippen molar-refractivity contribution in [3.05, 3.63) is 34.3 Å². The molecule has 0 amide bonds. The van der Waals surface area contributed by atoms with Crippen molar-refractivity contribution in [1.82, 2.24) is 4.90 Å². The summed E-state index contributed by atoms with van der Waals surface area (Å²) in [4.78, 5) is 2.00. The molecule has 0 unspecified atom stereocenters. The highest BCUT2D eigenvalue weighted by atomic mass is 79.9. The maximum absolute atomic E-state index is 11.0. The molecular formula is C11H16BrNO2S. The Morgan fingerprint density at radius 2 is 1.81 bits per heavy atom. The van der Waals surface area contributed by atoms with E-state index in [-0.39, 0.29) is 5.75 Å². The van der Waals surface area contributed by atoms with Gasteiger partial charge in [-0.25, -0.2) is 8.42 Å². The van der Waals surface area contributed by atoms with E-state index < -0.39 is 9.84 Å². The molecule has 0 bridgehead atoms. The van der Waals surface area contributed by atoms with Crippen LogP contribution in [0.15, 0.2) is 28.7 Å². The average Bonchev–Trinajstić information content (AvgIpc) is 2.18. The van der Waals surface area contributed by atoms with Crippen LogP contribution in [0.2, 0.25) is 0 Å². The number of hydrogen-bond acceptors (Lipinski definition) is 3. The van der Waals surface area contributed by atoms with Crippen LogP contribution in [-0.4, -0.2) is 38.9 Å². The van der Waals surface area contributed by atoms with Gasteiger partial charge in [-0.05, 0) is 24.7 Å². The van der Waals surface area contributed by atoms with Crippen LogP contribution < -0.4 is 0 Å². The van der Waals surface area contributed by atoms with E-state index in [0.717, 1.165) is 11.0 Å². The molecule has 0 N–H and O–H groups in total. The molecule has 0 heterocycles. The van der Waals surface area contributed by atoms with Gasteiger partial charge >= 0.3 is 0 Å². The predicted octanol–water partition coefficient (Wildman–Crippen LogP) is 1.93. The van der Waals surface area contributed by atoms with E-state index in [4.69, 9.17) is 0 Å². The lowest BCUT2D eigenvalue weighted by molar-refractivity contribution is 0.346. The molecule has 3 nitrogen and oxygen atoms in total. The number of sulfone groups is 1. The third-order valence-electron chi connectivity index (χ3n) is 2.21. The van der Waals surface area contributed by atoms with Crippen molar-refractivity contribution in [1.29, 1.82) is 0 Å². The summed E-state index contributed by atoms with van der Waals surface area (Å²) in [6, 6.07) is 8.03. The molecule has 0 aliphatic rings. The molecule has 0 aromatic heterocycles. The summed E-state index contributed by atoms with van der Waals surface area (Å²) in [6.45, 7) is 1.33. The van der Waals surface area contributed by atoms with Crippen LogP contribution in [0.25, 0.3) is 0 Å². The van der Waals surface area contributed by atoms with Gasteiger partial charge in [0.15, 0.2) is 0 Å². The number of benzene rings is 1. The fourth-order valence-corrected chi connectivity index (χ4v) is 2.21. The highest BCUT2D eigenvalue weighted by Crippen LogP contribution is 2.11. The molecule has 0 radical (unpaired) electrons. The maximum Gasteiger partial charge on any atom is 0.148 e. The summed E-state index contributed by atoms with van der Waals surface area (Å²) >= 11 is 3.38. The molecule has 0 atom stereocenters. The fraction of sp³-hybridized carbons (Fsp3) is 0.455. The van der Waals surface area contributed by atoms with E-state index in [2.05, 4.69) is 15.9 Å². The fourth-order valence-electron chi connectivity index (χ4n) is 1.30. The van der Waals surface area contributed by atoms with Crippen LogP contribution in [0.5, 0.6) is 0 Å². The van der Waals surface area contributed by atoms with E-state index in [1.807, 2.05) is 36.2 Å². The molecule has 1 rings (SSSR count). The van der Waals surface area contributed by atoms with Crippen molar-refractivity contribution in [2.75, 3.05) is 25.6 Å². The first-order valence-corrected chi connectivity index (χ1v) is 7.83. The summed E-state index contributed by atoms with van der Waals surface area (Å²) < 4.78 is 23.1. The van der Waals surface area contributed by atoms with Gasteiger partial charge in [0.05, 0.1) is 5.75 Å². The van der Waals surface area contributed by atoms with E-state index in [0.29, 0.717) is 6.54 Å². The topological polar surface area (TPSA) is 37.4 Å². The van der Waals surface area contributed by atoms with Crippen LogP contribution in [0, 0.1) is 0 Å². The second-order valence-corrected chi connectivity index (χ2v) is 7.17. The van der Waals surface area contributed by atoms with Gasteiger partial charge in [0.25, 0.3) is 0 Å². The monoisotopic (exact) mass is 305 g/mol. The summed E-state index contributed by atoms with van der Waals surface area (Å²) in [5.41, 5.74) is 1.18. The first kappa shape index (κ1) is 13.7. The van der Waals surface area contributed by atoms with Crippen LogP contribution >= 0.6 is 15.9 Å². The molecule has 0 spiro atoms. The average molecular weight is 306 g/mol. The SMILES string of the molecule is CN(CCS(C)(=O)=O)Cc1ccc(Br)cc1. The molecule has 0 aliphatic carbocycles. The first-order valence-electron chi connectivity index (χ1n) is 4.97. The largest absolute Gasteiger partial charge is 0.301 e. The summed E-state index contributed by atoms with van der Waals surface area (Å²) in [5.74, 6) is 0.208. The molecular weight excluding hydrogens is 290 g/mol. The van der Waals surface area contributed by atoms with Crippen LogP contribution in [0.4, 0.5) is 0 Å². The van der Waals surface area contributed by atoms with Gasteiger partial charge in [0, 0.05) is 23.8 Å². The summed E-state index contributed by atoms with van der Waals surface area (Å²) in [5, 5.41) is 0. The van der Waals surface area contributed by atoms with Gasteiger partial charge in [0.1, 0.15) is 9.84 Å². The summed E-state index contributed by atoms with van der Waals surface area (Å²) in [7, 11) is -0.944. The predicted molar refractivity (Wildman–Crippen MR) is 70.2 cm³/mol. The first-order chi connectivity index (χ1) is 7.37. The molecule has 90 valence electrons. The normalized spacial score (nSPS) is 12.0. The van der Waals surface area contributed by atoms with Gasteiger partial charge in [-0.3, -0.25) is 0 Å². The zero-order chi connectivity index (χ0) is 12.2. The molecule has 16 heavy (non-hydrogen) atoms. The Kier molecular flexibility index (Phi) is 4.95. The van der Waals surface area contributed by atoms with Crippen LogP contribution in [-0.2, 0) is 16.4 Å². The Bertz CT molecular complexity index is 428. The van der Waals surface area contributed by atoms with Gasteiger partial charge in [-0.15, -0.1) is 0 Å². The number of halogens is 1. The van der Waals surface area contributed by atoms with E-state index >= 15 is 0 Å². The minimum atomic E-state index is -2.87. The minimum absolute atomic E-state index is 0.208. The number of nitrogens with zero attached hydrogens (tertiary/aromatic N) is 1. The van der Waals surface area contributed by atoms with Gasteiger partial charge < -0.3 is 4.90 Å². The Morgan fingerprint density at radius 3 is 2.31 bits per heavy atom. The highest BCUT2D eigenvalue weighted by Gasteiger charge is 2.05. The second-order valence-electron chi connectivity index (χ2n) is 3.99. The zero-order valence-electron chi connectivity index (χ0n) is 9.48. The highest BCUT2D eigenvalue weighted by molar-refractivity contribution is 9.10. The second kappa shape index (κ2) is 5.80. The van der Waals surface area contributed by atoms with Gasteiger partial charge in [0.2, 0.25) is 0 Å². The molecule has 0 aliphatic heterocycles.